The molecular formula is C15H26N2O4. The number of carbonyl (C=O) groups is 2. The third-order valence-electron chi connectivity index (χ3n) is 4.37. The summed E-state index contributed by atoms with van der Waals surface area (Å²) >= 11 is 0. The van der Waals surface area contributed by atoms with Gasteiger partial charge < -0.3 is 14.7 Å². The first kappa shape index (κ1) is 16.1. The minimum atomic E-state index is -0.717. The fourth-order valence-corrected chi connectivity index (χ4v) is 3.27. The second-order valence-corrected chi connectivity index (χ2v) is 7.00. The van der Waals surface area contributed by atoms with Gasteiger partial charge >= 0.3 is 12.1 Å². The molecule has 0 bridgehead atoms. The summed E-state index contributed by atoms with van der Waals surface area (Å²) in [7, 11) is 0. The molecule has 1 N–H and O–H groups in total. The molecule has 0 aromatic carbocycles. The molecule has 1 amide bonds. The maximum Gasteiger partial charge on any atom is 0.410 e. The van der Waals surface area contributed by atoms with E-state index in [2.05, 4.69) is 0 Å². The monoisotopic (exact) mass is 298 g/mol. The summed E-state index contributed by atoms with van der Waals surface area (Å²) in [5, 5.41) is 9.60. The number of aliphatic carboxylic acids is 1. The van der Waals surface area contributed by atoms with E-state index in [9.17, 15) is 14.7 Å². The van der Waals surface area contributed by atoms with Gasteiger partial charge in [-0.25, -0.2) is 4.79 Å². The Kier molecular flexibility index (Phi) is 4.46. The number of rotatable bonds is 2. The van der Waals surface area contributed by atoms with Crippen molar-refractivity contribution in [2.24, 2.45) is 0 Å². The van der Waals surface area contributed by atoms with Gasteiger partial charge in [-0.1, -0.05) is 12.8 Å². The molecule has 0 unspecified atom stereocenters. The van der Waals surface area contributed by atoms with Gasteiger partial charge in [-0.05, 0) is 33.6 Å². The van der Waals surface area contributed by atoms with Crippen LogP contribution in [-0.2, 0) is 9.53 Å². The lowest BCUT2D eigenvalue weighted by Gasteiger charge is -2.43. The van der Waals surface area contributed by atoms with Crippen molar-refractivity contribution in [3.63, 3.8) is 0 Å². The average molecular weight is 298 g/mol. The summed E-state index contributed by atoms with van der Waals surface area (Å²) in [6, 6.07) is 0. The highest BCUT2D eigenvalue weighted by molar-refractivity contribution is 5.79. The van der Waals surface area contributed by atoms with Crippen molar-refractivity contribution in [3.05, 3.63) is 0 Å². The van der Waals surface area contributed by atoms with Crippen molar-refractivity contribution in [2.75, 3.05) is 26.2 Å². The van der Waals surface area contributed by atoms with E-state index >= 15 is 0 Å². The lowest BCUT2D eigenvalue weighted by atomic mass is 9.94. The standard InChI is InChI=1S/C15H26N2O4/c1-14(2,3)21-13(20)16-8-10-17(11-9-16)15(12(18)19)6-4-5-7-15/h4-11H2,1-3H3,(H,18,19). The number of hydrogen-bond donors (Lipinski definition) is 1. The van der Waals surface area contributed by atoms with Crippen LogP contribution in [-0.4, -0.2) is 64.3 Å². The number of piperazine rings is 1. The third kappa shape index (κ3) is 3.48. The summed E-state index contributed by atoms with van der Waals surface area (Å²) in [6.45, 7) is 7.81. The molecule has 1 saturated heterocycles. The molecule has 6 heteroatoms. The van der Waals surface area contributed by atoms with E-state index in [1.165, 1.54) is 0 Å². The largest absolute Gasteiger partial charge is 0.480 e. The first-order valence-corrected chi connectivity index (χ1v) is 7.71. The number of carboxylic acid groups (broad SMARTS) is 1. The summed E-state index contributed by atoms with van der Waals surface area (Å²) in [5.74, 6) is -0.717. The molecule has 6 nitrogen and oxygen atoms in total. The van der Waals surface area contributed by atoms with E-state index in [-0.39, 0.29) is 6.09 Å². The van der Waals surface area contributed by atoms with Crippen LogP contribution in [0.3, 0.4) is 0 Å². The van der Waals surface area contributed by atoms with E-state index in [1.807, 2.05) is 25.7 Å². The number of nitrogens with zero attached hydrogens (tertiary/aromatic N) is 2. The van der Waals surface area contributed by atoms with Crippen molar-refractivity contribution in [3.8, 4) is 0 Å². The zero-order chi connectivity index (χ0) is 15.7. The first-order chi connectivity index (χ1) is 9.74. The lowest BCUT2D eigenvalue weighted by molar-refractivity contribution is -0.152. The van der Waals surface area contributed by atoms with Crippen LogP contribution in [0.15, 0.2) is 0 Å². The fraction of sp³-hybridized carbons (Fsp3) is 0.867. The van der Waals surface area contributed by atoms with Crippen molar-refractivity contribution in [1.29, 1.82) is 0 Å². The van der Waals surface area contributed by atoms with Gasteiger partial charge in [-0.2, -0.15) is 0 Å². The van der Waals surface area contributed by atoms with Gasteiger partial charge in [0.05, 0.1) is 0 Å². The molecule has 1 heterocycles. The van der Waals surface area contributed by atoms with E-state index in [1.54, 1.807) is 4.90 Å². The number of ether oxygens (including phenoxy) is 1. The molecule has 2 aliphatic rings. The molecule has 2 rings (SSSR count). The Hall–Kier alpha value is -1.30. The molecular weight excluding hydrogens is 272 g/mol. The fourth-order valence-electron chi connectivity index (χ4n) is 3.27. The Labute approximate surface area is 126 Å². The van der Waals surface area contributed by atoms with Gasteiger partial charge in [0.1, 0.15) is 11.1 Å². The number of carboxylic acids is 1. The first-order valence-electron chi connectivity index (χ1n) is 7.71. The normalized spacial score (nSPS) is 23.1. The van der Waals surface area contributed by atoms with Crippen molar-refractivity contribution < 1.29 is 19.4 Å². The van der Waals surface area contributed by atoms with Gasteiger partial charge in [0.25, 0.3) is 0 Å². The minimum absolute atomic E-state index is 0.307. The third-order valence-corrected chi connectivity index (χ3v) is 4.37. The van der Waals surface area contributed by atoms with Crippen LogP contribution in [0.1, 0.15) is 46.5 Å². The Morgan fingerprint density at radius 2 is 1.57 bits per heavy atom. The molecule has 120 valence electrons. The summed E-state index contributed by atoms with van der Waals surface area (Å²) in [6.07, 6.45) is 3.07. The SMILES string of the molecule is CC(C)(C)OC(=O)N1CCN(C2(C(=O)O)CCCC2)CC1. The zero-order valence-electron chi connectivity index (χ0n) is 13.2. The Morgan fingerprint density at radius 1 is 1.05 bits per heavy atom. The molecule has 1 aliphatic heterocycles. The van der Waals surface area contributed by atoms with Crippen molar-refractivity contribution in [1.82, 2.24) is 9.80 Å². The van der Waals surface area contributed by atoms with Crippen LogP contribution in [0.25, 0.3) is 0 Å². The Morgan fingerprint density at radius 3 is 2.00 bits per heavy atom. The molecule has 0 aromatic heterocycles. The number of hydrogen-bond acceptors (Lipinski definition) is 4. The van der Waals surface area contributed by atoms with Gasteiger partial charge in [-0.3, -0.25) is 9.69 Å². The van der Waals surface area contributed by atoms with Crippen LogP contribution in [0, 0.1) is 0 Å². The second-order valence-electron chi connectivity index (χ2n) is 7.00. The number of carbonyl (C=O) groups excluding carboxylic acids is 1. The Bertz CT molecular complexity index is 402. The molecule has 0 spiro atoms. The molecule has 21 heavy (non-hydrogen) atoms. The molecule has 0 radical (unpaired) electrons. The lowest BCUT2D eigenvalue weighted by Crippen LogP contribution is -2.60. The summed E-state index contributed by atoms with van der Waals surface area (Å²) < 4.78 is 5.36. The molecule has 0 aromatic rings. The van der Waals surface area contributed by atoms with Crippen molar-refractivity contribution >= 4 is 12.1 Å². The summed E-state index contributed by atoms with van der Waals surface area (Å²) in [4.78, 5) is 27.4. The predicted octanol–water partition coefficient (Wildman–Crippen LogP) is 1.94. The second kappa shape index (κ2) is 5.83. The molecule has 0 atom stereocenters. The highest BCUT2D eigenvalue weighted by Crippen LogP contribution is 2.36. The average Bonchev–Trinajstić information content (AvgIpc) is 2.87. The molecule has 1 saturated carbocycles. The van der Waals surface area contributed by atoms with Gasteiger partial charge in [-0.15, -0.1) is 0 Å². The topological polar surface area (TPSA) is 70.1 Å². The van der Waals surface area contributed by atoms with Crippen LogP contribution in [0.4, 0.5) is 4.79 Å². The molecule has 2 fully saturated rings. The van der Waals surface area contributed by atoms with E-state index < -0.39 is 17.1 Å². The van der Waals surface area contributed by atoms with Crippen LogP contribution < -0.4 is 0 Å². The van der Waals surface area contributed by atoms with E-state index in [4.69, 9.17) is 4.74 Å². The highest BCUT2D eigenvalue weighted by Gasteiger charge is 2.47. The van der Waals surface area contributed by atoms with Gasteiger partial charge in [0.15, 0.2) is 0 Å². The molecule has 1 aliphatic carbocycles. The van der Waals surface area contributed by atoms with E-state index in [0.717, 1.165) is 25.7 Å². The van der Waals surface area contributed by atoms with E-state index in [0.29, 0.717) is 26.2 Å². The number of amides is 1. The summed E-state index contributed by atoms with van der Waals surface area (Å²) in [5.41, 5.74) is -1.21. The smallest absolute Gasteiger partial charge is 0.410 e. The van der Waals surface area contributed by atoms with Crippen LogP contribution in [0.2, 0.25) is 0 Å². The quantitative estimate of drug-likeness (QED) is 0.843. The maximum absolute atomic E-state index is 12.0. The predicted molar refractivity (Wildman–Crippen MR) is 78.2 cm³/mol. The Balaban J connectivity index is 1.94. The minimum Gasteiger partial charge on any atom is -0.480 e. The van der Waals surface area contributed by atoms with Gasteiger partial charge in [0, 0.05) is 26.2 Å². The van der Waals surface area contributed by atoms with Crippen molar-refractivity contribution in [2.45, 2.75) is 57.6 Å². The maximum atomic E-state index is 12.0. The highest BCUT2D eigenvalue weighted by atomic mass is 16.6. The van der Waals surface area contributed by atoms with Gasteiger partial charge in [0.2, 0.25) is 0 Å². The van der Waals surface area contributed by atoms with Crippen LogP contribution >= 0.6 is 0 Å². The zero-order valence-corrected chi connectivity index (χ0v) is 13.2. The van der Waals surface area contributed by atoms with Crippen LogP contribution in [0.5, 0.6) is 0 Å².